The third kappa shape index (κ3) is 5.19. The van der Waals surface area contributed by atoms with Crippen molar-refractivity contribution in [1.29, 1.82) is 5.26 Å². The largest absolute Gasteiger partial charge is 0.489 e. The van der Waals surface area contributed by atoms with Gasteiger partial charge in [-0.2, -0.15) is 5.26 Å². The first-order chi connectivity index (χ1) is 13.6. The van der Waals surface area contributed by atoms with Gasteiger partial charge in [0.1, 0.15) is 24.1 Å². The Morgan fingerprint density at radius 1 is 1.04 bits per heavy atom. The molecule has 3 rings (SSSR count). The Balaban J connectivity index is 1.63. The predicted molar refractivity (Wildman–Crippen MR) is 108 cm³/mol. The van der Waals surface area contributed by atoms with Crippen LogP contribution in [0, 0.1) is 21.4 Å². The summed E-state index contributed by atoms with van der Waals surface area (Å²) < 4.78 is 5.75. The van der Waals surface area contributed by atoms with Crippen LogP contribution in [-0.2, 0) is 6.61 Å². The number of nitrogens with zero attached hydrogens (tertiary/aromatic N) is 2. The van der Waals surface area contributed by atoms with Gasteiger partial charge in [0.2, 0.25) is 0 Å². The number of ether oxygens (including phenoxy) is 1. The SMILES string of the molecule is N#C/C(=C\c1ccc(OCc2ccccc2)cc1)Nc1ccc([N+](=O)[O-])cc1. The number of nitriles is 1. The lowest BCUT2D eigenvalue weighted by Crippen LogP contribution is -1.98. The first-order valence-electron chi connectivity index (χ1n) is 8.54. The molecule has 3 aromatic carbocycles. The number of hydrogen-bond donors (Lipinski definition) is 1. The Kier molecular flexibility index (Phi) is 6.01. The number of hydrogen-bond acceptors (Lipinski definition) is 5. The highest BCUT2D eigenvalue weighted by Gasteiger charge is 2.05. The first kappa shape index (κ1) is 18.7. The summed E-state index contributed by atoms with van der Waals surface area (Å²) in [5, 5.41) is 23.0. The maximum atomic E-state index is 10.7. The van der Waals surface area contributed by atoms with Gasteiger partial charge in [0.25, 0.3) is 5.69 Å². The Bertz CT molecular complexity index is 1010. The number of rotatable bonds is 7. The van der Waals surface area contributed by atoms with E-state index in [4.69, 9.17) is 4.74 Å². The molecular formula is C22H17N3O3. The fraction of sp³-hybridized carbons (Fsp3) is 0.0455. The van der Waals surface area contributed by atoms with Crippen LogP contribution in [0.4, 0.5) is 11.4 Å². The quantitative estimate of drug-likeness (QED) is 0.352. The van der Waals surface area contributed by atoms with Gasteiger partial charge < -0.3 is 10.1 Å². The second kappa shape index (κ2) is 9.01. The molecule has 6 nitrogen and oxygen atoms in total. The summed E-state index contributed by atoms with van der Waals surface area (Å²) in [5.74, 6) is 0.739. The summed E-state index contributed by atoms with van der Waals surface area (Å²) in [5.41, 5.74) is 2.84. The monoisotopic (exact) mass is 371 g/mol. The number of nitro groups is 1. The number of allylic oxidation sites excluding steroid dienone is 1. The maximum absolute atomic E-state index is 10.7. The summed E-state index contributed by atoms with van der Waals surface area (Å²) in [6.07, 6.45) is 1.70. The number of non-ortho nitro benzene ring substituents is 1. The smallest absolute Gasteiger partial charge is 0.269 e. The average Bonchev–Trinajstić information content (AvgIpc) is 2.74. The molecule has 0 aliphatic rings. The van der Waals surface area contributed by atoms with E-state index >= 15 is 0 Å². The molecule has 0 amide bonds. The minimum absolute atomic E-state index is 0.000807. The minimum Gasteiger partial charge on any atom is -0.489 e. The van der Waals surface area contributed by atoms with Crippen molar-refractivity contribution in [2.24, 2.45) is 0 Å². The van der Waals surface area contributed by atoms with Crippen molar-refractivity contribution in [2.75, 3.05) is 5.32 Å². The van der Waals surface area contributed by atoms with Gasteiger partial charge in [0.05, 0.1) is 4.92 Å². The first-order valence-corrected chi connectivity index (χ1v) is 8.54. The van der Waals surface area contributed by atoms with Gasteiger partial charge >= 0.3 is 0 Å². The predicted octanol–water partition coefficient (Wildman–Crippen LogP) is 5.15. The number of nitrogens with one attached hydrogen (secondary N) is 1. The molecule has 0 aromatic heterocycles. The molecule has 28 heavy (non-hydrogen) atoms. The Morgan fingerprint density at radius 2 is 1.71 bits per heavy atom. The second-order valence-corrected chi connectivity index (χ2v) is 5.94. The van der Waals surface area contributed by atoms with Gasteiger partial charge in [-0.1, -0.05) is 42.5 Å². The lowest BCUT2D eigenvalue weighted by molar-refractivity contribution is -0.384. The van der Waals surface area contributed by atoms with Crippen molar-refractivity contribution < 1.29 is 9.66 Å². The van der Waals surface area contributed by atoms with Crippen LogP contribution in [0.15, 0.2) is 84.6 Å². The molecule has 0 radical (unpaired) electrons. The molecule has 0 aliphatic heterocycles. The van der Waals surface area contributed by atoms with E-state index in [2.05, 4.69) is 11.4 Å². The van der Waals surface area contributed by atoms with Crippen LogP contribution >= 0.6 is 0 Å². The van der Waals surface area contributed by atoms with Gasteiger partial charge in [-0.3, -0.25) is 10.1 Å². The van der Waals surface area contributed by atoms with E-state index in [9.17, 15) is 15.4 Å². The Labute approximate surface area is 162 Å². The van der Waals surface area contributed by atoms with Gasteiger partial charge in [-0.25, -0.2) is 0 Å². The Hall–Kier alpha value is -4.11. The number of nitro benzene ring substituents is 1. The molecule has 0 saturated heterocycles. The summed E-state index contributed by atoms with van der Waals surface area (Å²) in [4.78, 5) is 10.2. The van der Waals surface area contributed by atoms with E-state index < -0.39 is 4.92 Å². The molecule has 0 fully saturated rings. The van der Waals surface area contributed by atoms with Crippen LogP contribution in [0.3, 0.4) is 0 Å². The van der Waals surface area contributed by atoms with Crippen LogP contribution in [0.2, 0.25) is 0 Å². The van der Waals surface area contributed by atoms with Crippen LogP contribution in [0.25, 0.3) is 6.08 Å². The third-order valence-corrected chi connectivity index (χ3v) is 3.92. The fourth-order valence-corrected chi connectivity index (χ4v) is 2.49. The minimum atomic E-state index is -0.466. The summed E-state index contributed by atoms with van der Waals surface area (Å²) in [7, 11) is 0. The van der Waals surface area contributed by atoms with Crippen molar-refractivity contribution >= 4 is 17.5 Å². The van der Waals surface area contributed by atoms with E-state index in [1.165, 1.54) is 12.1 Å². The molecule has 6 heteroatoms. The van der Waals surface area contributed by atoms with Gasteiger partial charge in [-0.15, -0.1) is 0 Å². The molecule has 0 saturated carbocycles. The topological polar surface area (TPSA) is 88.2 Å². The molecule has 0 atom stereocenters. The van der Waals surface area contributed by atoms with E-state index in [1.54, 1.807) is 18.2 Å². The Morgan fingerprint density at radius 3 is 2.32 bits per heavy atom. The molecule has 0 unspecified atom stereocenters. The van der Waals surface area contributed by atoms with Crippen LogP contribution < -0.4 is 10.1 Å². The molecule has 0 spiro atoms. The molecule has 0 heterocycles. The molecule has 138 valence electrons. The van der Waals surface area contributed by atoms with Crippen LogP contribution in [0.5, 0.6) is 5.75 Å². The zero-order valence-corrected chi connectivity index (χ0v) is 14.9. The molecule has 0 aliphatic carbocycles. The van der Waals surface area contributed by atoms with Crippen molar-refractivity contribution in [2.45, 2.75) is 6.61 Å². The van der Waals surface area contributed by atoms with E-state index in [0.717, 1.165) is 16.9 Å². The van der Waals surface area contributed by atoms with Crippen molar-refractivity contribution in [3.8, 4) is 11.8 Å². The molecule has 3 aromatic rings. The molecule has 1 N–H and O–H groups in total. The van der Waals surface area contributed by atoms with Gasteiger partial charge in [-0.05, 0) is 41.5 Å². The lowest BCUT2D eigenvalue weighted by atomic mass is 10.2. The van der Waals surface area contributed by atoms with Gasteiger partial charge in [0.15, 0.2) is 0 Å². The van der Waals surface area contributed by atoms with E-state index in [1.807, 2.05) is 54.6 Å². The number of benzene rings is 3. The standard InChI is InChI=1S/C22H17N3O3/c23-15-20(24-19-8-10-21(11-9-19)25(26)27)14-17-6-12-22(13-7-17)28-16-18-4-2-1-3-5-18/h1-14,24H,16H2/b20-14+. The zero-order valence-electron chi connectivity index (χ0n) is 14.9. The highest BCUT2D eigenvalue weighted by molar-refractivity contribution is 5.65. The summed E-state index contributed by atoms with van der Waals surface area (Å²) in [6, 6.07) is 25.3. The van der Waals surface area contributed by atoms with Crippen LogP contribution in [0.1, 0.15) is 11.1 Å². The highest BCUT2D eigenvalue weighted by Crippen LogP contribution is 2.19. The average molecular weight is 371 g/mol. The van der Waals surface area contributed by atoms with Crippen molar-refractivity contribution in [3.05, 3.63) is 106 Å². The normalized spacial score (nSPS) is 10.8. The van der Waals surface area contributed by atoms with E-state index in [-0.39, 0.29) is 5.69 Å². The maximum Gasteiger partial charge on any atom is 0.269 e. The van der Waals surface area contributed by atoms with Gasteiger partial charge in [0, 0.05) is 17.8 Å². The van der Waals surface area contributed by atoms with Crippen molar-refractivity contribution in [1.82, 2.24) is 0 Å². The molecular weight excluding hydrogens is 354 g/mol. The molecule has 0 bridgehead atoms. The second-order valence-electron chi connectivity index (χ2n) is 5.94. The summed E-state index contributed by atoms with van der Waals surface area (Å²) >= 11 is 0. The number of anilines is 1. The summed E-state index contributed by atoms with van der Waals surface area (Å²) in [6.45, 7) is 0.487. The highest BCUT2D eigenvalue weighted by atomic mass is 16.6. The third-order valence-electron chi connectivity index (χ3n) is 3.92. The van der Waals surface area contributed by atoms with Crippen molar-refractivity contribution in [3.63, 3.8) is 0 Å². The zero-order chi connectivity index (χ0) is 19.8. The van der Waals surface area contributed by atoms with Crippen LogP contribution in [-0.4, -0.2) is 4.92 Å². The van der Waals surface area contributed by atoms with E-state index in [0.29, 0.717) is 18.0 Å². The fourth-order valence-electron chi connectivity index (χ4n) is 2.49. The lowest BCUT2D eigenvalue weighted by Gasteiger charge is -2.07.